The SMILES string of the molecule is N#Cc1cccc(C(=O)Nc2ccc(C3(c4nc5ncc(C(F)(F)F)cc5[nH]4)CCC3)nc2)c1. The van der Waals surface area contributed by atoms with Crippen LogP contribution in [0, 0.1) is 11.3 Å². The third-order valence-corrected chi connectivity index (χ3v) is 6.09. The first-order valence-electron chi connectivity index (χ1n) is 10.5. The Bertz CT molecular complexity index is 1430. The Morgan fingerprint density at radius 1 is 1.12 bits per heavy atom. The van der Waals surface area contributed by atoms with Crippen molar-refractivity contribution in [1.29, 1.82) is 5.26 Å². The maximum atomic E-state index is 13.0. The number of nitrogens with one attached hydrogen (secondary N) is 2. The lowest BCUT2D eigenvalue weighted by Crippen LogP contribution is -2.37. The number of aromatic amines is 1. The summed E-state index contributed by atoms with van der Waals surface area (Å²) in [5.74, 6) is 0.159. The van der Waals surface area contributed by atoms with Gasteiger partial charge in [0.25, 0.3) is 5.91 Å². The molecule has 1 amide bonds. The predicted octanol–water partition coefficient (Wildman–Crippen LogP) is 4.97. The topological polar surface area (TPSA) is 107 Å². The van der Waals surface area contributed by atoms with Crippen molar-refractivity contribution in [2.75, 3.05) is 5.32 Å². The van der Waals surface area contributed by atoms with Gasteiger partial charge in [0, 0.05) is 11.8 Å². The average molecular weight is 462 g/mol. The second-order valence-corrected chi connectivity index (χ2v) is 8.19. The first kappa shape index (κ1) is 21.6. The Morgan fingerprint density at radius 3 is 2.59 bits per heavy atom. The third-order valence-electron chi connectivity index (χ3n) is 6.09. The van der Waals surface area contributed by atoms with E-state index in [-0.39, 0.29) is 17.1 Å². The minimum absolute atomic E-state index is 0.220. The minimum Gasteiger partial charge on any atom is -0.340 e. The van der Waals surface area contributed by atoms with Crippen molar-refractivity contribution >= 4 is 22.8 Å². The molecule has 3 aromatic heterocycles. The Balaban J connectivity index is 1.40. The molecule has 1 saturated carbocycles. The molecule has 10 heteroatoms. The van der Waals surface area contributed by atoms with Gasteiger partial charge in [-0.1, -0.05) is 12.5 Å². The van der Waals surface area contributed by atoms with Gasteiger partial charge in [-0.2, -0.15) is 18.4 Å². The molecule has 1 aromatic carbocycles. The lowest BCUT2D eigenvalue weighted by atomic mass is 9.66. The predicted molar refractivity (Wildman–Crippen MR) is 117 cm³/mol. The Labute approximate surface area is 191 Å². The number of alkyl halides is 3. The molecule has 4 aromatic rings. The van der Waals surface area contributed by atoms with Crippen LogP contribution in [0.5, 0.6) is 0 Å². The van der Waals surface area contributed by atoms with E-state index in [0.717, 1.165) is 31.5 Å². The highest BCUT2D eigenvalue weighted by Gasteiger charge is 2.44. The second kappa shape index (κ2) is 7.95. The number of fused-ring (bicyclic) bond motifs is 1. The van der Waals surface area contributed by atoms with Gasteiger partial charge >= 0.3 is 6.18 Å². The molecular formula is C24H17F3N6O. The van der Waals surface area contributed by atoms with Crippen LogP contribution in [0.1, 0.15) is 52.3 Å². The van der Waals surface area contributed by atoms with Crippen molar-refractivity contribution in [2.45, 2.75) is 30.9 Å². The Kier molecular flexibility index (Phi) is 5.05. The molecule has 0 atom stereocenters. The normalized spacial score (nSPS) is 14.9. The molecule has 2 N–H and O–H groups in total. The van der Waals surface area contributed by atoms with Crippen LogP contribution in [-0.4, -0.2) is 25.8 Å². The van der Waals surface area contributed by atoms with Gasteiger partial charge < -0.3 is 10.3 Å². The number of H-pyrrole nitrogens is 1. The van der Waals surface area contributed by atoms with E-state index in [2.05, 4.69) is 25.3 Å². The molecule has 170 valence electrons. The van der Waals surface area contributed by atoms with Crippen molar-refractivity contribution < 1.29 is 18.0 Å². The van der Waals surface area contributed by atoms with Crippen LogP contribution in [0.15, 0.2) is 54.9 Å². The number of aromatic nitrogens is 4. The summed E-state index contributed by atoms with van der Waals surface area (Å²) in [5, 5.41) is 11.8. The molecule has 0 aliphatic heterocycles. The fraction of sp³-hybridized carbons (Fsp3) is 0.208. The highest BCUT2D eigenvalue weighted by molar-refractivity contribution is 6.04. The van der Waals surface area contributed by atoms with Crippen LogP contribution in [0.25, 0.3) is 11.2 Å². The Hall–Kier alpha value is -4.26. The number of hydrogen-bond donors (Lipinski definition) is 2. The smallest absolute Gasteiger partial charge is 0.340 e. The lowest BCUT2D eigenvalue weighted by Gasteiger charge is -2.39. The van der Waals surface area contributed by atoms with E-state index in [0.29, 0.717) is 28.3 Å². The summed E-state index contributed by atoms with van der Waals surface area (Å²) in [6.07, 6.45) is 0.218. The molecule has 0 radical (unpaired) electrons. The summed E-state index contributed by atoms with van der Waals surface area (Å²) in [6, 6.07) is 12.9. The van der Waals surface area contributed by atoms with E-state index in [4.69, 9.17) is 5.26 Å². The number of carbonyl (C=O) groups excluding carboxylic acids is 1. The first-order chi connectivity index (χ1) is 16.3. The molecule has 1 aliphatic carbocycles. The van der Waals surface area contributed by atoms with Gasteiger partial charge in [0.2, 0.25) is 0 Å². The zero-order chi connectivity index (χ0) is 23.9. The zero-order valence-electron chi connectivity index (χ0n) is 17.6. The monoisotopic (exact) mass is 462 g/mol. The van der Waals surface area contributed by atoms with Crippen LogP contribution in [-0.2, 0) is 11.6 Å². The number of pyridine rings is 2. The molecule has 0 saturated heterocycles. The third kappa shape index (κ3) is 3.75. The van der Waals surface area contributed by atoms with E-state index in [1.807, 2.05) is 6.07 Å². The summed E-state index contributed by atoms with van der Waals surface area (Å²) in [6.45, 7) is 0. The van der Waals surface area contributed by atoms with Crippen molar-refractivity contribution in [3.63, 3.8) is 0 Å². The molecular weight excluding hydrogens is 445 g/mol. The van der Waals surface area contributed by atoms with Gasteiger partial charge in [-0.25, -0.2) is 9.97 Å². The highest BCUT2D eigenvalue weighted by Crippen LogP contribution is 2.47. The van der Waals surface area contributed by atoms with E-state index < -0.39 is 17.2 Å². The number of anilines is 1. The van der Waals surface area contributed by atoms with Gasteiger partial charge in [0.15, 0.2) is 5.65 Å². The number of benzene rings is 1. The van der Waals surface area contributed by atoms with Crippen LogP contribution in [0.4, 0.5) is 18.9 Å². The number of hydrogen-bond acceptors (Lipinski definition) is 5. The maximum absolute atomic E-state index is 13.0. The van der Waals surface area contributed by atoms with E-state index >= 15 is 0 Å². The molecule has 0 unspecified atom stereocenters. The van der Waals surface area contributed by atoms with Crippen LogP contribution in [0.2, 0.25) is 0 Å². The lowest BCUT2D eigenvalue weighted by molar-refractivity contribution is -0.137. The quantitative estimate of drug-likeness (QED) is 0.446. The highest BCUT2D eigenvalue weighted by atomic mass is 19.4. The molecule has 5 rings (SSSR count). The van der Waals surface area contributed by atoms with Crippen molar-refractivity contribution in [3.05, 3.63) is 83.1 Å². The minimum atomic E-state index is -4.49. The molecule has 0 bridgehead atoms. The first-order valence-corrected chi connectivity index (χ1v) is 10.5. The largest absolute Gasteiger partial charge is 0.417 e. The van der Waals surface area contributed by atoms with Crippen LogP contribution in [0.3, 0.4) is 0 Å². The fourth-order valence-corrected chi connectivity index (χ4v) is 4.11. The summed E-state index contributed by atoms with van der Waals surface area (Å²) in [4.78, 5) is 28.4. The average Bonchev–Trinajstić information content (AvgIpc) is 3.22. The number of carbonyl (C=O) groups is 1. The van der Waals surface area contributed by atoms with Gasteiger partial charge in [-0.15, -0.1) is 0 Å². The van der Waals surface area contributed by atoms with Crippen LogP contribution < -0.4 is 5.32 Å². The maximum Gasteiger partial charge on any atom is 0.417 e. The summed E-state index contributed by atoms with van der Waals surface area (Å²) in [5.41, 5.74) is 0.976. The van der Waals surface area contributed by atoms with Crippen LogP contribution >= 0.6 is 0 Å². The number of amides is 1. The van der Waals surface area contributed by atoms with Gasteiger partial charge in [-0.3, -0.25) is 9.78 Å². The standard InChI is InChI=1S/C24H17F3N6O/c25-24(26,27)16-10-18-20(30-12-16)33-22(32-18)23(7-2-8-23)19-6-5-17(13-29-19)31-21(34)15-4-1-3-14(9-15)11-28/h1,3-6,9-10,12-13H,2,7-8H2,(H,31,34)(H,30,32,33). The number of nitriles is 1. The second-order valence-electron chi connectivity index (χ2n) is 8.19. The molecule has 34 heavy (non-hydrogen) atoms. The molecule has 3 heterocycles. The van der Waals surface area contributed by atoms with Gasteiger partial charge in [0.1, 0.15) is 5.82 Å². The van der Waals surface area contributed by atoms with Crippen molar-refractivity contribution in [1.82, 2.24) is 19.9 Å². The summed E-state index contributed by atoms with van der Waals surface area (Å²) >= 11 is 0. The zero-order valence-corrected chi connectivity index (χ0v) is 17.6. The number of imidazole rings is 1. The molecule has 1 fully saturated rings. The molecule has 7 nitrogen and oxygen atoms in total. The molecule has 1 aliphatic rings. The number of nitrogens with zero attached hydrogens (tertiary/aromatic N) is 4. The number of rotatable bonds is 4. The number of halogens is 3. The molecule has 0 spiro atoms. The van der Waals surface area contributed by atoms with Crippen molar-refractivity contribution in [2.24, 2.45) is 0 Å². The van der Waals surface area contributed by atoms with Gasteiger partial charge in [-0.05, 0) is 49.2 Å². The Morgan fingerprint density at radius 2 is 1.94 bits per heavy atom. The fourth-order valence-electron chi connectivity index (χ4n) is 4.11. The van der Waals surface area contributed by atoms with E-state index in [1.165, 1.54) is 12.3 Å². The summed E-state index contributed by atoms with van der Waals surface area (Å²) in [7, 11) is 0. The van der Waals surface area contributed by atoms with E-state index in [1.54, 1.807) is 30.3 Å². The van der Waals surface area contributed by atoms with E-state index in [9.17, 15) is 18.0 Å². The van der Waals surface area contributed by atoms with Crippen molar-refractivity contribution in [3.8, 4) is 6.07 Å². The van der Waals surface area contributed by atoms with Gasteiger partial charge in [0.05, 0.1) is 45.7 Å². The summed E-state index contributed by atoms with van der Waals surface area (Å²) < 4.78 is 39.1.